The molecule has 9 aliphatic rings. The molecule has 31 heavy (non-hydrogen) atoms. The number of hydrogen-bond donors (Lipinski definition) is 0. The van der Waals surface area contributed by atoms with E-state index in [1.165, 1.54) is 57.8 Å². The van der Waals surface area contributed by atoms with Gasteiger partial charge in [0.05, 0.1) is 5.41 Å². The molecule has 8 bridgehead atoms. The third kappa shape index (κ3) is 3.13. The van der Waals surface area contributed by atoms with E-state index in [-0.39, 0.29) is 5.41 Å². The van der Waals surface area contributed by atoms with Crippen molar-refractivity contribution in [2.24, 2.45) is 46.3 Å². The third-order valence-corrected chi connectivity index (χ3v) is 11.1. The maximum atomic E-state index is 13.6. The van der Waals surface area contributed by atoms with Gasteiger partial charge in [0.15, 0.2) is 0 Å². The Bertz CT molecular complexity index is 710. The van der Waals surface area contributed by atoms with Crippen molar-refractivity contribution in [3.8, 4) is 0 Å². The molecular formula is C27H40N2O2. The molecule has 1 aliphatic heterocycles. The van der Waals surface area contributed by atoms with E-state index < -0.39 is 0 Å². The number of rotatable bonds is 3. The van der Waals surface area contributed by atoms with E-state index >= 15 is 0 Å². The first-order valence-corrected chi connectivity index (χ1v) is 13.5. The average molecular weight is 425 g/mol. The fourth-order valence-electron chi connectivity index (χ4n) is 10.8. The zero-order valence-corrected chi connectivity index (χ0v) is 19.2. The Balaban J connectivity index is 0.979. The lowest BCUT2D eigenvalue weighted by Gasteiger charge is -2.57. The van der Waals surface area contributed by atoms with Gasteiger partial charge in [-0.1, -0.05) is 0 Å². The molecule has 8 saturated carbocycles. The van der Waals surface area contributed by atoms with E-state index in [9.17, 15) is 9.59 Å². The Morgan fingerprint density at radius 3 is 1.42 bits per heavy atom. The topological polar surface area (TPSA) is 40.6 Å². The number of carbonyl (C=O) groups excluding carboxylic acids is 2. The number of amides is 2. The summed E-state index contributed by atoms with van der Waals surface area (Å²) in [7, 11) is 0. The largest absolute Gasteiger partial charge is 0.339 e. The molecule has 4 nitrogen and oxygen atoms in total. The summed E-state index contributed by atoms with van der Waals surface area (Å²) in [6, 6.07) is 0. The summed E-state index contributed by atoms with van der Waals surface area (Å²) in [6.07, 6.45) is 16.7. The van der Waals surface area contributed by atoms with Crippen LogP contribution in [0.25, 0.3) is 0 Å². The van der Waals surface area contributed by atoms with Crippen LogP contribution >= 0.6 is 0 Å². The van der Waals surface area contributed by atoms with E-state index in [4.69, 9.17) is 0 Å². The normalized spacial score (nSPS) is 49.7. The number of carbonyl (C=O) groups is 2. The van der Waals surface area contributed by atoms with E-state index in [0.717, 1.165) is 87.4 Å². The molecule has 0 N–H and O–H groups in total. The summed E-state index contributed by atoms with van der Waals surface area (Å²) in [5, 5.41) is 0. The second-order valence-corrected chi connectivity index (χ2v) is 13.5. The Morgan fingerprint density at radius 2 is 0.968 bits per heavy atom. The van der Waals surface area contributed by atoms with Gasteiger partial charge in [-0.05, 0) is 118 Å². The lowest BCUT2D eigenvalue weighted by molar-refractivity contribution is -0.161. The highest BCUT2D eigenvalue weighted by atomic mass is 16.2. The van der Waals surface area contributed by atoms with E-state index in [0.29, 0.717) is 17.2 Å². The molecule has 0 aromatic rings. The fraction of sp³-hybridized carbons (Fsp3) is 0.926. The predicted octanol–water partition coefficient (Wildman–Crippen LogP) is 4.48. The Morgan fingerprint density at radius 1 is 0.581 bits per heavy atom. The molecule has 8 aliphatic carbocycles. The molecule has 0 aromatic carbocycles. The molecule has 170 valence electrons. The van der Waals surface area contributed by atoms with Gasteiger partial charge in [-0.2, -0.15) is 0 Å². The number of nitrogens with zero attached hydrogens (tertiary/aromatic N) is 2. The second-order valence-electron chi connectivity index (χ2n) is 13.5. The molecule has 9 rings (SSSR count). The SMILES string of the molecule is O=C(CC12CC3CC(CC(C3)C1)C2)N1CCN(C(=O)C23CC4CC(CC(C4)C2)C3)CC1. The van der Waals surface area contributed by atoms with Crippen LogP contribution in [0.1, 0.15) is 83.5 Å². The second kappa shape index (κ2) is 6.73. The summed E-state index contributed by atoms with van der Waals surface area (Å²) in [5.74, 6) is 6.04. The predicted molar refractivity (Wildman–Crippen MR) is 119 cm³/mol. The van der Waals surface area contributed by atoms with Crippen molar-refractivity contribution in [2.75, 3.05) is 26.2 Å². The monoisotopic (exact) mass is 424 g/mol. The van der Waals surface area contributed by atoms with Gasteiger partial charge in [0, 0.05) is 32.6 Å². The van der Waals surface area contributed by atoms with Crippen LogP contribution in [0.15, 0.2) is 0 Å². The average Bonchev–Trinajstić information content (AvgIpc) is 2.71. The Hall–Kier alpha value is -1.06. The summed E-state index contributed by atoms with van der Waals surface area (Å²) >= 11 is 0. The van der Waals surface area contributed by atoms with Gasteiger partial charge in [-0.25, -0.2) is 0 Å². The van der Waals surface area contributed by atoms with Crippen molar-refractivity contribution < 1.29 is 9.59 Å². The van der Waals surface area contributed by atoms with Gasteiger partial charge in [0.1, 0.15) is 0 Å². The van der Waals surface area contributed by atoms with E-state index in [1.54, 1.807) is 0 Å². The molecule has 2 amide bonds. The van der Waals surface area contributed by atoms with Crippen LogP contribution in [0.3, 0.4) is 0 Å². The van der Waals surface area contributed by atoms with Crippen molar-refractivity contribution in [3.63, 3.8) is 0 Å². The van der Waals surface area contributed by atoms with Crippen LogP contribution in [0.2, 0.25) is 0 Å². The maximum absolute atomic E-state index is 13.6. The molecule has 0 radical (unpaired) electrons. The van der Waals surface area contributed by atoms with E-state index in [2.05, 4.69) is 9.80 Å². The van der Waals surface area contributed by atoms with Gasteiger partial charge in [0.25, 0.3) is 0 Å². The fourth-order valence-corrected chi connectivity index (χ4v) is 10.8. The molecule has 1 saturated heterocycles. The molecule has 0 aromatic heterocycles. The smallest absolute Gasteiger partial charge is 0.228 e. The molecule has 9 fully saturated rings. The molecule has 0 atom stereocenters. The minimum Gasteiger partial charge on any atom is -0.339 e. The van der Waals surface area contributed by atoms with E-state index in [1.807, 2.05) is 0 Å². The van der Waals surface area contributed by atoms with Crippen LogP contribution in [-0.2, 0) is 9.59 Å². The standard InChI is InChI=1S/C27H40N2O2/c30-24(17-26-11-18-5-19(12-26)7-20(6-18)13-26)28-1-3-29(4-2-28)25(31)27-14-21-8-22(15-27)10-23(9-21)16-27/h18-23H,1-17H2. The number of piperazine rings is 1. The molecule has 1 heterocycles. The summed E-state index contributed by atoms with van der Waals surface area (Å²) < 4.78 is 0. The van der Waals surface area contributed by atoms with Crippen LogP contribution < -0.4 is 0 Å². The molecular weight excluding hydrogens is 384 g/mol. The van der Waals surface area contributed by atoms with Gasteiger partial charge in [-0.3, -0.25) is 9.59 Å². The van der Waals surface area contributed by atoms with Crippen LogP contribution in [0, 0.1) is 46.3 Å². The first-order valence-electron chi connectivity index (χ1n) is 13.5. The number of hydrogen-bond acceptors (Lipinski definition) is 2. The van der Waals surface area contributed by atoms with Crippen molar-refractivity contribution in [2.45, 2.75) is 83.5 Å². The summed E-state index contributed by atoms with van der Waals surface area (Å²) in [4.78, 5) is 31.2. The van der Waals surface area contributed by atoms with Crippen molar-refractivity contribution in [1.82, 2.24) is 9.80 Å². The lowest BCUT2D eigenvalue weighted by Crippen LogP contribution is -2.59. The third-order valence-electron chi connectivity index (χ3n) is 11.1. The van der Waals surface area contributed by atoms with Gasteiger partial charge >= 0.3 is 0 Å². The molecule has 0 unspecified atom stereocenters. The van der Waals surface area contributed by atoms with Gasteiger partial charge < -0.3 is 9.80 Å². The summed E-state index contributed by atoms with van der Waals surface area (Å²) in [6.45, 7) is 3.08. The zero-order chi connectivity index (χ0) is 20.8. The highest BCUT2D eigenvalue weighted by Crippen LogP contribution is 2.62. The zero-order valence-electron chi connectivity index (χ0n) is 19.2. The first-order chi connectivity index (χ1) is 15.0. The highest BCUT2D eigenvalue weighted by Gasteiger charge is 2.56. The van der Waals surface area contributed by atoms with Crippen LogP contribution in [0.4, 0.5) is 0 Å². The minimum absolute atomic E-state index is 0.0277. The van der Waals surface area contributed by atoms with Crippen molar-refractivity contribution in [3.05, 3.63) is 0 Å². The minimum atomic E-state index is -0.0277. The van der Waals surface area contributed by atoms with Crippen molar-refractivity contribution >= 4 is 11.8 Å². The van der Waals surface area contributed by atoms with Crippen molar-refractivity contribution in [1.29, 1.82) is 0 Å². The van der Waals surface area contributed by atoms with Crippen LogP contribution in [-0.4, -0.2) is 47.8 Å². The highest BCUT2D eigenvalue weighted by molar-refractivity contribution is 5.84. The molecule has 0 spiro atoms. The summed E-state index contributed by atoms with van der Waals surface area (Å²) in [5.41, 5.74) is 0.304. The Labute approximate surface area is 187 Å². The maximum Gasteiger partial charge on any atom is 0.228 e. The van der Waals surface area contributed by atoms with Gasteiger partial charge in [-0.15, -0.1) is 0 Å². The first kappa shape index (κ1) is 19.4. The molecule has 4 heteroatoms. The lowest BCUT2D eigenvalue weighted by atomic mass is 9.49. The van der Waals surface area contributed by atoms with Crippen LogP contribution in [0.5, 0.6) is 0 Å². The quantitative estimate of drug-likeness (QED) is 0.670. The Kier molecular flexibility index (Phi) is 4.21. The van der Waals surface area contributed by atoms with Gasteiger partial charge in [0.2, 0.25) is 11.8 Å².